The molecule has 2 aromatic carbocycles. The van der Waals surface area contributed by atoms with Crippen LogP contribution in [0.4, 0.5) is 4.39 Å². The van der Waals surface area contributed by atoms with Gasteiger partial charge in [0, 0.05) is 11.6 Å². The molecule has 28 heavy (non-hydrogen) atoms. The minimum atomic E-state index is -3.99. The first-order chi connectivity index (χ1) is 13.1. The average Bonchev–Trinajstić information content (AvgIpc) is 3.02. The summed E-state index contributed by atoms with van der Waals surface area (Å²) in [5.41, 5.74) is 0.314. The van der Waals surface area contributed by atoms with Gasteiger partial charge in [-0.05, 0) is 42.3 Å². The molecule has 0 saturated carbocycles. The third kappa shape index (κ3) is 4.53. The summed E-state index contributed by atoms with van der Waals surface area (Å²) in [6, 6.07) is 9.58. The molecule has 1 atom stereocenters. The molecule has 150 valence electrons. The van der Waals surface area contributed by atoms with Crippen molar-refractivity contribution in [1.29, 1.82) is 0 Å². The predicted molar refractivity (Wildman–Crippen MR) is 103 cm³/mol. The zero-order chi connectivity index (χ0) is 20.5. The molecule has 3 rings (SSSR count). The third-order valence-corrected chi connectivity index (χ3v) is 8.93. The highest BCUT2D eigenvalue weighted by molar-refractivity contribution is 7.96. The summed E-state index contributed by atoms with van der Waals surface area (Å²) in [7, 11) is -7.40. The van der Waals surface area contributed by atoms with E-state index in [-0.39, 0.29) is 23.6 Å². The standard InChI is InChI=1S/C18H17ClFNO5S2/c19-13-3-1-12(2-4-13)10-21-18(22)16-9-14(5-6-17(16)20)28(25,26)15-7-8-27(23,24)11-15/h1-6,9,15H,7-8,10-11H2,(H,21,22)/t15-/m0/s1. The van der Waals surface area contributed by atoms with Gasteiger partial charge in [0.25, 0.3) is 5.91 Å². The van der Waals surface area contributed by atoms with Crippen LogP contribution in [0.25, 0.3) is 0 Å². The molecule has 10 heteroatoms. The lowest BCUT2D eigenvalue weighted by molar-refractivity contribution is 0.0946. The SMILES string of the molecule is O=C(NCc1ccc(Cl)cc1)c1cc(S(=O)(=O)[C@H]2CCS(=O)(=O)C2)ccc1F. The first-order valence-electron chi connectivity index (χ1n) is 8.35. The fourth-order valence-corrected chi connectivity index (χ4v) is 7.44. The van der Waals surface area contributed by atoms with Crippen molar-refractivity contribution in [1.82, 2.24) is 5.32 Å². The quantitative estimate of drug-likeness (QED) is 0.712. The molecule has 6 nitrogen and oxygen atoms in total. The molecule has 0 spiro atoms. The van der Waals surface area contributed by atoms with E-state index in [9.17, 15) is 26.0 Å². The van der Waals surface area contributed by atoms with E-state index in [1.807, 2.05) is 0 Å². The third-order valence-electron chi connectivity index (χ3n) is 4.51. The second-order valence-corrected chi connectivity index (χ2v) is 11.4. The molecule has 0 bridgehead atoms. The van der Waals surface area contributed by atoms with Gasteiger partial charge < -0.3 is 5.32 Å². The number of carbonyl (C=O) groups excluding carboxylic acids is 1. The second-order valence-electron chi connectivity index (χ2n) is 6.52. The summed E-state index contributed by atoms with van der Waals surface area (Å²) >= 11 is 5.79. The number of carbonyl (C=O) groups is 1. The van der Waals surface area contributed by atoms with Gasteiger partial charge in [0.15, 0.2) is 19.7 Å². The summed E-state index contributed by atoms with van der Waals surface area (Å²) in [5, 5.41) is 1.97. The molecule has 0 unspecified atom stereocenters. The van der Waals surface area contributed by atoms with Crippen LogP contribution >= 0.6 is 11.6 Å². The fraction of sp³-hybridized carbons (Fsp3) is 0.278. The Kier molecular flexibility index (Phi) is 5.79. The van der Waals surface area contributed by atoms with Gasteiger partial charge in [-0.15, -0.1) is 0 Å². The molecular weight excluding hydrogens is 429 g/mol. The van der Waals surface area contributed by atoms with Crippen LogP contribution in [0.1, 0.15) is 22.3 Å². The van der Waals surface area contributed by atoms with Gasteiger partial charge >= 0.3 is 0 Å². The summed E-state index contributed by atoms with van der Waals surface area (Å²) < 4.78 is 62.7. The highest BCUT2D eigenvalue weighted by Crippen LogP contribution is 2.26. The van der Waals surface area contributed by atoms with Crippen LogP contribution in [-0.2, 0) is 26.2 Å². The van der Waals surface area contributed by atoms with E-state index in [0.29, 0.717) is 5.02 Å². The Hall–Kier alpha value is -1.97. The molecule has 1 saturated heterocycles. The first-order valence-corrected chi connectivity index (χ1v) is 12.1. The van der Waals surface area contributed by atoms with Crippen LogP contribution in [0.3, 0.4) is 0 Å². The minimum Gasteiger partial charge on any atom is -0.348 e. The van der Waals surface area contributed by atoms with Crippen LogP contribution in [0.2, 0.25) is 5.02 Å². The van der Waals surface area contributed by atoms with Gasteiger partial charge in [0.1, 0.15) is 5.82 Å². The van der Waals surface area contributed by atoms with Crippen molar-refractivity contribution in [3.63, 3.8) is 0 Å². The second kappa shape index (κ2) is 7.81. The number of halogens is 2. The van der Waals surface area contributed by atoms with Crippen LogP contribution in [0, 0.1) is 5.82 Å². The van der Waals surface area contributed by atoms with E-state index in [2.05, 4.69) is 5.32 Å². The highest BCUT2D eigenvalue weighted by Gasteiger charge is 2.38. The molecule has 1 heterocycles. The fourth-order valence-electron chi connectivity index (χ4n) is 2.93. The maximum atomic E-state index is 14.1. The average molecular weight is 446 g/mol. The van der Waals surface area contributed by atoms with Crippen LogP contribution in [0.15, 0.2) is 47.4 Å². The Bertz CT molecular complexity index is 1120. The Morgan fingerprint density at radius 2 is 1.86 bits per heavy atom. The lowest BCUT2D eigenvalue weighted by Gasteiger charge is -2.12. The van der Waals surface area contributed by atoms with Crippen molar-refractivity contribution in [2.45, 2.75) is 23.1 Å². The minimum absolute atomic E-state index is 0.0138. The predicted octanol–water partition coefficient (Wildman–Crippen LogP) is 2.37. The van der Waals surface area contributed by atoms with Gasteiger partial charge in [0.2, 0.25) is 0 Å². The van der Waals surface area contributed by atoms with Gasteiger partial charge in [-0.1, -0.05) is 23.7 Å². The largest absolute Gasteiger partial charge is 0.348 e. The van der Waals surface area contributed by atoms with Gasteiger partial charge in [-0.2, -0.15) is 0 Å². The van der Waals surface area contributed by atoms with E-state index in [0.717, 1.165) is 23.8 Å². The van der Waals surface area contributed by atoms with Gasteiger partial charge in [-0.25, -0.2) is 21.2 Å². The summed E-state index contributed by atoms with van der Waals surface area (Å²) in [5.74, 6) is -2.31. The van der Waals surface area contributed by atoms with Gasteiger partial charge in [0.05, 0.1) is 27.2 Å². The first kappa shape index (κ1) is 20.8. The van der Waals surface area contributed by atoms with E-state index < -0.39 is 48.0 Å². The smallest absolute Gasteiger partial charge is 0.254 e. The number of sulfone groups is 2. The number of hydrogen-bond acceptors (Lipinski definition) is 5. The van der Waals surface area contributed by atoms with Crippen molar-refractivity contribution in [2.75, 3.05) is 11.5 Å². The van der Waals surface area contributed by atoms with E-state index in [1.54, 1.807) is 24.3 Å². The van der Waals surface area contributed by atoms with Crippen molar-refractivity contribution in [3.05, 3.63) is 64.4 Å². The molecule has 0 radical (unpaired) electrons. The van der Waals surface area contributed by atoms with Crippen molar-refractivity contribution >= 4 is 37.2 Å². The maximum Gasteiger partial charge on any atom is 0.254 e. The molecule has 2 aromatic rings. The monoisotopic (exact) mass is 445 g/mol. The van der Waals surface area contributed by atoms with Crippen molar-refractivity contribution in [2.24, 2.45) is 0 Å². The van der Waals surface area contributed by atoms with E-state index in [1.165, 1.54) is 0 Å². The molecule has 1 aliphatic rings. The maximum absolute atomic E-state index is 14.1. The summed E-state index contributed by atoms with van der Waals surface area (Å²) in [6.45, 7) is 0.104. The molecule has 0 aromatic heterocycles. The Labute approximate surface area is 167 Å². The topological polar surface area (TPSA) is 97.4 Å². The summed E-state index contributed by atoms with van der Waals surface area (Å²) in [6.07, 6.45) is -0.0138. The van der Waals surface area contributed by atoms with E-state index in [4.69, 9.17) is 11.6 Å². The summed E-state index contributed by atoms with van der Waals surface area (Å²) in [4.78, 5) is 12.1. The van der Waals surface area contributed by atoms with Gasteiger partial charge in [-0.3, -0.25) is 4.79 Å². The molecule has 0 aliphatic carbocycles. The lowest BCUT2D eigenvalue weighted by atomic mass is 10.2. The zero-order valence-electron chi connectivity index (χ0n) is 14.6. The van der Waals surface area contributed by atoms with Crippen LogP contribution in [-0.4, -0.2) is 39.5 Å². The number of rotatable bonds is 5. The Morgan fingerprint density at radius 1 is 1.18 bits per heavy atom. The number of hydrogen-bond donors (Lipinski definition) is 1. The number of benzene rings is 2. The molecular formula is C18H17ClFNO5S2. The lowest BCUT2D eigenvalue weighted by Crippen LogP contribution is -2.26. The van der Waals surface area contributed by atoms with Crippen molar-refractivity contribution < 1.29 is 26.0 Å². The highest BCUT2D eigenvalue weighted by atomic mass is 35.5. The Balaban J connectivity index is 1.81. The number of nitrogens with one attached hydrogen (secondary N) is 1. The molecule has 1 N–H and O–H groups in total. The zero-order valence-corrected chi connectivity index (χ0v) is 16.9. The van der Waals surface area contributed by atoms with Crippen molar-refractivity contribution in [3.8, 4) is 0 Å². The van der Waals surface area contributed by atoms with E-state index >= 15 is 0 Å². The molecule has 1 amide bonds. The molecule has 1 aliphatic heterocycles. The van der Waals surface area contributed by atoms with Crippen LogP contribution in [0.5, 0.6) is 0 Å². The normalized spacial score (nSPS) is 18.7. The number of amides is 1. The molecule has 1 fully saturated rings. The van der Waals surface area contributed by atoms with Crippen LogP contribution < -0.4 is 5.32 Å². The Morgan fingerprint density at radius 3 is 2.46 bits per heavy atom.